The Labute approximate surface area is 138 Å². The van der Waals surface area contributed by atoms with Crippen molar-refractivity contribution in [3.8, 4) is 0 Å². The van der Waals surface area contributed by atoms with Gasteiger partial charge in [-0.3, -0.25) is 4.68 Å². The van der Waals surface area contributed by atoms with Gasteiger partial charge in [-0.2, -0.15) is 5.10 Å². The third kappa shape index (κ3) is 3.64. The Hall–Kier alpha value is -2.09. The first-order valence-corrected chi connectivity index (χ1v) is 8.70. The van der Waals surface area contributed by atoms with Gasteiger partial charge in [0.25, 0.3) is 0 Å². The van der Waals surface area contributed by atoms with Crippen molar-refractivity contribution in [2.45, 2.75) is 10.9 Å². The molecular formula is C15H14ClN3O3S. The van der Waals surface area contributed by atoms with Gasteiger partial charge < -0.3 is 4.42 Å². The fourth-order valence-electron chi connectivity index (χ4n) is 2.16. The van der Waals surface area contributed by atoms with Crippen LogP contribution in [0.1, 0.15) is 11.8 Å². The summed E-state index contributed by atoms with van der Waals surface area (Å²) < 4.78 is 34.4. The number of rotatable bonds is 6. The van der Waals surface area contributed by atoms with Crippen molar-refractivity contribution in [3.05, 3.63) is 71.9 Å². The monoisotopic (exact) mass is 351 g/mol. The van der Waals surface area contributed by atoms with Crippen molar-refractivity contribution in [2.24, 2.45) is 0 Å². The summed E-state index contributed by atoms with van der Waals surface area (Å²) in [6.07, 6.45) is 4.92. The van der Waals surface area contributed by atoms with Crippen molar-refractivity contribution in [2.75, 3.05) is 6.54 Å². The van der Waals surface area contributed by atoms with E-state index in [4.69, 9.17) is 16.0 Å². The van der Waals surface area contributed by atoms with E-state index >= 15 is 0 Å². The molecule has 0 amide bonds. The van der Waals surface area contributed by atoms with Gasteiger partial charge in [0, 0.05) is 24.0 Å². The second kappa shape index (κ2) is 6.57. The summed E-state index contributed by atoms with van der Waals surface area (Å²) in [4.78, 5) is 0.153. The van der Waals surface area contributed by atoms with Crippen LogP contribution in [0.5, 0.6) is 0 Å². The fraction of sp³-hybridized carbons (Fsp3) is 0.133. The lowest BCUT2D eigenvalue weighted by atomic mass is 10.2. The van der Waals surface area contributed by atoms with Crippen LogP contribution in [0.15, 0.2) is 70.4 Å². The summed E-state index contributed by atoms with van der Waals surface area (Å²) >= 11 is 5.79. The third-order valence-corrected chi connectivity index (χ3v) is 5.00. The van der Waals surface area contributed by atoms with E-state index in [2.05, 4.69) is 9.82 Å². The Kier molecular flexibility index (Phi) is 4.51. The van der Waals surface area contributed by atoms with Gasteiger partial charge in [-0.15, -0.1) is 0 Å². The van der Waals surface area contributed by atoms with E-state index in [9.17, 15) is 8.42 Å². The lowest BCUT2D eigenvalue weighted by Gasteiger charge is -2.16. The maximum absolute atomic E-state index is 12.4. The van der Waals surface area contributed by atoms with Crippen LogP contribution in [0.25, 0.3) is 0 Å². The predicted octanol–water partition coefficient (Wildman–Crippen LogP) is 2.70. The Morgan fingerprint density at radius 2 is 2.00 bits per heavy atom. The zero-order valence-corrected chi connectivity index (χ0v) is 13.5. The van der Waals surface area contributed by atoms with Crippen molar-refractivity contribution in [1.29, 1.82) is 0 Å². The standard InChI is InChI=1S/C15H14ClN3O3S/c16-12-4-6-13(7-5-12)23(20,21)18-11-14(15-3-1-10-22-15)19-9-2-8-17-19/h1-10,14,18H,11H2. The van der Waals surface area contributed by atoms with E-state index in [0.717, 1.165) is 0 Å². The molecule has 23 heavy (non-hydrogen) atoms. The molecule has 0 aliphatic heterocycles. The Bertz CT molecular complexity index is 810. The number of nitrogens with zero attached hydrogens (tertiary/aromatic N) is 2. The average molecular weight is 352 g/mol. The number of aromatic nitrogens is 2. The number of halogens is 1. The molecule has 0 aliphatic rings. The zero-order valence-electron chi connectivity index (χ0n) is 12.0. The lowest BCUT2D eigenvalue weighted by molar-refractivity contribution is 0.402. The Morgan fingerprint density at radius 1 is 1.22 bits per heavy atom. The SMILES string of the molecule is O=S(=O)(NCC(c1ccco1)n1cccn1)c1ccc(Cl)cc1. The zero-order chi connectivity index (χ0) is 16.3. The summed E-state index contributed by atoms with van der Waals surface area (Å²) in [5.74, 6) is 0.618. The maximum atomic E-state index is 12.4. The molecule has 0 radical (unpaired) electrons. The number of nitrogens with one attached hydrogen (secondary N) is 1. The van der Waals surface area contributed by atoms with Crippen molar-refractivity contribution in [3.63, 3.8) is 0 Å². The lowest BCUT2D eigenvalue weighted by Crippen LogP contribution is -2.31. The molecule has 0 aliphatic carbocycles. The molecule has 8 heteroatoms. The van der Waals surface area contributed by atoms with E-state index in [-0.39, 0.29) is 17.5 Å². The van der Waals surface area contributed by atoms with Gasteiger partial charge in [0.15, 0.2) is 0 Å². The molecular weight excluding hydrogens is 338 g/mol. The maximum Gasteiger partial charge on any atom is 0.240 e. The van der Waals surface area contributed by atoms with Crippen LogP contribution in [0, 0.1) is 0 Å². The van der Waals surface area contributed by atoms with Gasteiger partial charge >= 0.3 is 0 Å². The third-order valence-electron chi connectivity index (χ3n) is 3.31. The van der Waals surface area contributed by atoms with Crippen molar-refractivity contribution in [1.82, 2.24) is 14.5 Å². The minimum atomic E-state index is -3.65. The molecule has 120 valence electrons. The van der Waals surface area contributed by atoms with Gasteiger partial charge in [0.1, 0.15) is 11.8 Å². The molecule has 3 aromatic rings. The van der Waals surface area contributed by atoms with Crippen LogP contribution in [0.4, 0.5) is 0 Å². The molecule has 1 atom stereocenters. The van der Waals surface area contributed by atoms with Gasteiger partial charge in [-0.25, -0.2) is 13.1 Å². The van der Waals surface area contributed by atoms with Crippen LogP contribution in [0.2, 0.25) is 5.02 Å². The second-order valence-electron chi connectivity index (χ2n) is 4.82. The fourth-order valence-corrected chi connectivity index (χ4v) is 3.32. The molecule has 0 saturated carbocycles. The second-order valence-corrected chi connectivity index (χ2v) is 7.03. The highest BCUT2D eigenvalue weighted by Gasteiger charge is 2.21. The number of hydrogen-bond donors (Lipinski definition) is 1. The van der Waals surface area contributed by atoms with E-state index in [0.29, 0.717) is 10.8 Å². The number of furan rings is 1. The first kappa shape index (κ1) is 15.8. The molecule has 6 nitrogen and oxygen atoms in total. The summed E-state index contributed by atoms with van der Waals surface area (Å²) in [6.45, 7) is 0.111. The summed E-state index contributed by atoms with van der Waals surface area (Å²) in [6, 6.07) is 10.9. The van der Waals surface area contributed by atoms with Crippen molar-refractivity contribution < 1.29 is 12.8 Å². The smallest absolute Gasteiger partial charge is 0.240 e. The minimum absolute atomic E-state index is 0.111. The molecule has 0 saturated heterocycles. The number of benzene rings is 1. The summed E-state index contributed by atoms with van der Waals surface area (Å²) in [7, 11) is -3.65. The molecule has 0 bridgehead atoms. The average Bonchev–Trinajstić information content (AvgIpc) is 3.21. The number of hydrogen-bond acceptors (Lipinski definition) is 4. The van der Waals surface area contributed by atoms with E-state index in [1.807, 2.05) is 0 Å². The minimum Gasteiger partial charge on any atom is -0.467 e. The van der Waals surface area contributed by atoms with Crippen LogP contribution in [-0.2, 0) is 10.0 Å². The molecule has 2 aromatic heterocycles. The quantitative estimate of drug-likeness (QED) is 0.740. The van der Waals surface area contributed by atoms with Crippen LogP contribution in [0.3, 0.4) is 0 Å². The molecule has 2 heterocycles. The van der Waals surface area contributed by atoms with E-state index < -0.39 is 10.0 Å². The predicted molar refractivity (Wildman–Crippen MR) is 85.7 cm³/mol. The molecule has 1 N–H and O–H groups in total. The summed E-state index contributed by atoms with van der Waals surface area (Å²) in [5.41, 5.74) is 0. The highest BCUT2D eigenvalue weighted by Crippen LogP contribution is 2.19. The molecule has 0 fully saturated rings. The Morgan fingerprint density at radius 3 is 2.61 bits per heavy atom. The summed E-state index contributed by atoms with van der Waals surface area (Å²) in [5, 5.41) is 4.64. The van der Waals surface area contributed by atoms with Gasteiger partial charge in [0.2, 0.25) is 10.0 Å². The van der Waals surface area contributed by atoms with Gasteiger partial charge in [-0.05, 0) is 42.5 Å². The van der Waals surface area contributed by atoms with Crippen molar-refractivity contribution >= 4 is 21.6 Å². The highest BCUT2D eigenvalue weighted by atomic mass is 35.5. The first-order chi connectivity index (χ1) is 11.1. The van der Waals surface area contributed by atoms with E-state index in [1.165, 1.54) is 24.3 Å². The first-order valence-electron chi connectivity index (χ1n) is 6.84. The molecule has 1 unspecified atom stereocenters. The van der Waals surface area contributed by atoms with Crippen LogP contribution >= 0.6 is 11.6 Å². The molecule has 3 rings (SSSR count). The van der Waals surface area contributed by atoms with E-state index in [1.54, 1.807) is 41.5 Å². The number of sulfonamides is 1. The molecule has 0 spiro atoms. The van der Waals surface area contributed by atoms with Crippen LogP contribution < -0.4 is 4.72 Å². The Balaban J connectivity index is 1.80. The largest absolute Gasteiger partial charge is 0.467 e. The van der Waals surface area contributed by atoms with Gasteiger partial charge in [-0.1, -0.05) is 11.6 Å². The molecule has 1 aromatic carbocycles. The van der Waals surface area contributed by atoms with Gasteiger partial charge in [0.05, 0.1) is 11.2 Å². The topological polar surface area (TPSA) is 77.1 Å². The normalized spacial score (nSPS) is 13.1. The highest BCUT2D eigenvalue weighted by molar-refractivity contribution is 7.89. The van der Waals surface area contributed by atoms with Crippen LogP contribution in [-0.4, -0.2) is 24.7 Å².